The fourth-order valence-corrected chi connectivity index (χ4v) is 1.60. The second-order valence-corrected chi connectivity index (χ2v) is 6.87. The van der Waals surface area contributed by atoms with Crippen molar-refractivity contribution in [3.05, 3.63) is 22.7 Å². The lowest BCUT2D eigenvalue weighted by Crippen LogP contribution is -2.18. The molecule has 90 valence electrons. The third kappa shape index (κ3) is 4.09. The minimum Gasteiger partial charge on any atom is -0.237 e. The van der Waals surface area contributed by atoms with Crippen LogP contribution < -0.4 is 0 Å². The number of halogens is 1. The van der Waals surface area contributed by atoms with E-state index < -0.39 is 0 Å². The van der Waals surface area contributed by atoms with Gasteiger partial charge < -0.3 is 0 Å². The number of hydrogen-bond acceptors (Lipinski definition) is 2. The molecular formula is C13H21ClN2. The van der Waals surface area contributed by atoms with Crippen LogP contribution in [0.5, 0.6) is 0 Å². The topological polar surface area (TPSA) is 25.8 Å². The van der Waals surface area contributed by atoms with Crippen LogP contribution in [0, 0.1) is 5.41 Å². The Morgan fingerprint density at radius 1 is 1.06 bits per heavy atom. The maximum Gasteiger partial charge on any atom is 0.133 e. The first-order valence-electron chi connectivity index (χ1n) is 5.62. The SMILES string of the molecule is CC(C)(C)Cc1nc(Cl)cc(C(C)(C)C)n1. The molecule has 0 aromatic carbocycles. The summed E-state index contributed by atoms with van der Waals surface area (Å²) in [5.41, 5.74) is 1.20. The summed E-state index contributed by atoms with van der Waals surface area (Å²) in [6.45, 7) is 12.9. The maximum absolute atomic E-state index is 6.03. The predicted octanol–water partition coefficient (Wildman–Crippen LogP) is 4.02. The van der Waals surface area contributed by atoms with E-state index in [0.717, 1.165) is 17.9 Å². The van der Waals surface area contributed by atoms with Crippen molar-refractivity contribution in [2.75, 3.05) is 0 Å². The van der Waals surface area contributed by atoms with E-state index >= 15 is 0 Å². The Balaban J connectivity index is 3.09. The van der Waals surface area contributed by atoms with Crippen molar-refractivity contribution >= 4 is 11.6 Å². The highest BCUT2D eigenvalue weighted by atomic mass is 35.5. The summed E-state index contributed by atoms with van der Waals surface area (Å²) in [6.07, 6.45) is 0.844. The second-order valence-electron chi connectivity index (χ2n) is 6.48. The van der Waals surface area contributed by atoms with Crippen molar-refractivity contribution < 1.29 is 0 Å². The van der Waals surface area contributed by atoms with E-state index in [1.807, 2.05) is 6.07 Å². The van der Waals surface area contributed by atoms with Gasteiger partial charge >= 0.3 is 0 Å². The Morgan fingerprint density at radius 3 is 2.06 bits per heavy atom. The minimum atomic E-state index is 0.0131. The molecule has 0 amide bonds. The Labute approximate surface area is 103 Å². The molecule has 1 aromatic heterocycles. The lowest BCUT2D eigenvalue weighted by atomic mass is 9.90. The van der Waals surface area contributed by atoms with Gasteiger partial charge in [-0.15, -0.1) is 0 Å². The summed E-state index contributed by atoms with van der Waals surface area (Å²) in [7, 11) is 0. The number of nitrogens with zero attached hydrogens (tertiary/aromatic N) is 2. The van der Waals surface area contributed by atoms with Crippen molar-refractivity contribution in [3.8, 4) is 0 Å². The highest BCUT2D eigenvalue weighted by Crippen LogP contribution is 2.25. The lowest BCUT2D eigenvalue weighted by molar-refractivity contribution is 0.398. The molecule has 0 saturated heterocycles. The van der Waals surface area contributed by atoms with Crippen LogP contribution in [0.4, 0.5) is 0 Å². The summed E-state index contributed by atoms with van der Waals surface area (Å²) in [5.74, 6) is 0.838. The molecule has 2 nitrogen and oxygen atoms in total. The third-order valence-corrected chi connectivity index (χ3v) is 2.39. The molecule has 16 heavy (non-hydrogen) atoms. The van der Waals surface area contributed by atoms with E-state index in [9.17, 15) is 0 Å². The minimum absolute atomic E-state index is 0.0131. The Hall–Kier alpha value is -0.630. The molecule has 0 aliphatic rings. The van der Waals surface area contributed by atoms with E-state index in [-0.39, 0.29) is 10.8 Å². The molecule has 0 fully saturated rings. The molecule has 0 saturated carbocycles. The summed E-state index contributed by atoms with van der Waals surface area (Å²) in [6, 6.07) is 1.85. The molecule has 0 unspecified atom stereocenters. The molecule has 1 rings (SSSR count). The molecule has 0 atom stereocenters. The van der Waals surface area contributed by atoms with Gasteiger partial charge in [0.15, 0.2) is 0 Å². The number of hydrogen-bond donors (Lipinski definition) is 0. The van der Waals surface area contributed by atoms with Crippen LogP contribution in [-0.2, 0) is 11.8 Å². The van der Waals surface area contributed by atoms with Crippen molar-refractivity contribution in [2.24, 2.45) is 5.41 Å². The van der Waals surface area contributed by atoms with Crippen molar-refractivity contribution in [2.45, 2.75) is 53.4 Å². The zero-order chi connectivity index (χ0) is 12.6. The standard InChI is InChI=1S/C13H21ClN2/c1-12(2,3)8-11-15-9(13(4,5)6)7-10(14)16-11/h7H,8H2,1-6H3. The van der Waals surface area contributed by atoms with E-state index in [2.05, 4.69) is 51.5 Å². The van der Waals surface area contributed by atoms with Gasteiger partial charge in [0.2, 0.25) is 0 Å². The average molecular weight is 241 g/mol. The molecule has 1 heterocycles. The van der Waals surface area contributed by atoms with Crippen LogP contribution >= 0.6 is 11.6 Å². The third-order valence-electron chi connectivity index (χ3n) is 2.20. The monoisotopic (exact) mass is 240 g/mol. The largest absolute Gasteiger partial charge is 0.237 e. The van der Waals surface area contributed by atoms with Gasteiger partial charge in [0, 0.05) is 11.8 Å². The van der Waals surface area contributed by atoms with Crippen molar-refractivity contribution in [1.29, 1.82) is 0 Å². The van der Waals surface area contributed by atoms with Gasteiger partial charge in [-0.2, -0.15) is 0 Å². The molecular weight excluding hydrogens is 220 g/mol. The first-order chi connectivity index (χ1) is 7.08. The summed E-state index contributed by atoms with van der Waals surface area (Å²) in [4.78, 5) is 8.88. The molecule has 0 spiro atoms. The molecule has 3 heteroatoms. The van der Waals surface area contributed by atoms with Gasteiger partial charge in [0.25, 0.3) is 0 Å². The Bertz CT molecular complexity index is 372. The van der Waals surface area contributed by atoms with Crippen LogP contribution in [0.1, 0.15) is 53.1 Å². The molecule has 0 bridgehead atoms. The van der Waals surface area contributed by atoms with Crippen molar-refractivity contribution in [1.82, 2.24) is 9.97 Å². The Morgan fingerprint density at radius 2 is 1.62 bits per heavy atom. The van der Waals surface area contributed by atoms with E-state index in [0.29, 0.717) is 5.15 Å². The Kier molecular flexibility index (Phi) is 3.63. The highest BCUT2D eigenvalue weighted by Gasteiger charge is 2.20. The van der Waals surface area contributed by atoms with Gasteiger partial charge in [-0.05, 0) is 11.5 Å². The number of aromatic nitrogens is 2. The second kappa shape index (κ2) is 4.33. The predicted molar refractivity (Wildman–Crippen MR) is 68.9 cm³/mol. The fourth-order valence-electron chi connectivity index (χ4n) is 1.40. The van der Waals surface area contributed by atoms with E-state index in [1.54, 1.807) is 0 Å². The lowest BCUT2D eigenvalue weighted by Gasteiger charge is -2.21. The zero-order valence-electron chi connectivity index (χ0n) is 11.1. The van der Waals surface area contributed by atoms with Gasteiger partial charge in [-0.25, -0.2) is 9.97 Å². The summed E-state index contributed by atoms with van der Waals surface area (Å²) >= 11 is 6.03. The van der Waals surface area contributed by atoms with Gasteiger partial charge in [0.1, 0.15) is 11.0 Å². The first kappa shape index (κ1) is 13.4. The van der Waals surface area contributed by atoms with Crippen molar-refractivity contribution in [3.63, 3.8) is 0 Å². The molecule has 0 aliphatic heterocycles. The fraction of sp³-hybridized carbons (Fsp3) is 0.692. The van der Waals surface area contributed by atoms with Gasteiger partial charge in [-0.1, -0.05) is 53.1 Å². The zero-order valence-corrected chi connectivity index (χ0v) is 11.8. The normalized spacial score (nSPS) is 12.9. The maximum atomic E-state index is 6.03. The van der Waals surface area contributed by atoms with Gasteiger partial charge in [-0.3, -0.25) is 0 Å². The molecule has 0 N–H and O–H groups in total. The highest BCUT2D eigenvalue weighted by molar-refractivity contribution is 6.29. The molecule has 1 aromatic rings. The average Bonchev–Trinajstić information content (AvgIpc) is 1.97. The van der Waals surface area contributed by atoms with Gasteiger partial charge in [0.05, 0.1) is 5.69 Å². The van der Waals surface area contributed by atoms with Crippen LogP contribution in [-0.4, -0.2) is 9.97 Å². The van der Waals surface area contributed by atoms with E-state index in [1.165, 1.54) is 0 Å². The first-order valence-corrected chi connectivity index (χ1v) is 6.00. The van der Waals surface area contributed by atoms with Crippen LogP contribution in [0.15, 0.2) is 6.07 Å². The smallest absolute Gasteiger partial charge is 0.133 e. The number of rotatable bonds is 1. The van der Waals surface area contributed by atoms with E-state index in [4.69, 9.17) is 11.6 Å². The molecule has 0 aliphatic carbocycles. The quantitative estimate of drug-likeness (QED) is 0.693. The molecule has 0 radical (unpaired) electrons. The van der Waals surface area contributed by atoms with Crippen LogP contribution in [0.3, 0.4) is 0 Å². The van der Waals surface area contributed by atoms with Crippen LogP contribution in [0.2, 0.25) is 5.15 Å². The summed E-state index contributed by atoms with van der Waals surface area (Å²) in [5, 5.41) is 0.541. The summed E-state index contributed by atoms with van der Waals surface area (Å²) < 4.78 is 0. The van der Waals surface area contributed by atoms with Crippen LogP contribution in [0.25, 0.3) is 0 Å².